The zero-order valence-electron chi connectivity index (χ0n) is 14.9. The molecule has 0 aromatic carbocycles. The molecule has 2 heterocycles. The molecule has 2 saturated heterocycles. The molecule has 1 amide bonds. The van der Waals surface area contributed by atoms with Crippen LogP contribution in [0.1, 0.15) is 53.4 Å². The van der Waals surface area contributed by atoms with Gasteiger partial charge in [-0.1, -0.05) is 13.3 Å². The van der Waals surface area contributed by atoms with Gasteiger partial charge < -0.3 is 19.8 Å². The summed E-state index contributed by atoms with van der Waals surface area (Å²) in [6.07, 6.45) is 2.36. The van der Waals surface area contributed by atoms with Gasteiger partial charge in [0.2, 0.25) is 0 Å². The average Bonchev–Trinajstić information content (AvgIpc) is 2.80. The first kappa shape index (κ1) is 18.5. The van der Waals surface area contributed by atoms with Crippen molar-refractivity contribution in [3.63, 3.8) is 0 Å². The highest BCUT2D eigenvalue weighted by molar-refractivity contribution is 5.68. The monoisotopic (exact) mass is 328 g/mol. The van der Waals surface area contributed by atoms with Gasteiger partial charge in [0.05, 0.1) is 24.3 Å². The minimum atomic E-state index is -0.556. The Hall–Kier alpha value is -0.850. The fourth-order valence-corrected chi connectivity index (χ4v) is 3.59. The number of likely N-dealkylation sites (tertiary alicyclic amines) is 2. The van der Waals surface area contributed by atoms with Gasteiger partial charge in [0, 0.05) is 19.6 Å². The van der Waals surface area contributed by atoms with Crippen molar-refractivity contribution in [2.24, 2.45) is 0 Å². The summed E-state index contributed by atoms with van der Waals surface area (Å²) >= 11 is 0. The molecule has 2 aliphatic rings. The zero-order chi connectivity index (χ0) is 17.3. The molecule has 2 N–H and O–H groups in total. The molecular formula is C17H32N2O4. The third-order valence-electron chi connectivity index (χ3n) is 4.82. The first-order valence-electron chi connectivity index (χ1n) is 8.76. The van der Waals surface area contributed by atoms with Crippen LogP contribution in [0.5, 0.6) is 0 Å². The molecule has 23 heavy (non-hydrogen) atoms. The van der Waals surface area contributed by atoms with Gasteiger partial charge in [-0.3, -0.25) is 4.90 Å². The quantitative estimate of drug-likeness (QED) is 0.823. The molecule has 0 radical (unpaired) electrons. The zero-order valence-corrected chi connectivity index (χ0v) is 14.9. The highest BCUT2D eigenvalue weighted by Gasteiger charge is 2.42. The van der Waals surface area contributed by atoms with Crippen LogP contribution in [0, 0.1) is 0 Å². The number of rotatable bonds is 3. The van der Waals surface area contributed by atoms with Crippen molar-refractivity contribution in [2.75, 3.05) is 26.2 Å². The number of carbonyl (C=O) groups is 1. The van der Waals surface area contributed by atoms with Gasteiger partial charge in [0.15, 0.2) is 0 Å². The van der Waals surface area contributed by atoms with Gasteiger partial charge in [-0.15, -0.1) is 0 Å². The molecule has 0 saturated carbocycles. The molecule has 6 nitrogen and oxygen atoms in total. The summed E-state index contributed by atoms with van der Waals surface area (Å²) in [7, 11) is 0. The summed E-state index contributed by atoms with van der Waals surface area (Å²) in [6.45, 7) is 9.94. The van der Waals surface area contributed by atoms with Crippen molar-refractivity contribution in [2.45, 2.75) is 76.7 Å². The lowest BCUT2D eigenvalue weighted by Crippen LogP contribution is -2.51. The van der Waals surface area contributed by atoms with Crippen LogP contribution in [0.4, 0.5) is 4.79 Å². The summed E-state index contributed by atoms with van der Waals surface area (Å²) in [6, 6.07) is -0.0614. The molecular weight excluding hydrogens is 296 g/mol. The van der Waals surface area contributed by atoms with Gasteiger partial charge in [0.25, 0.3) is 0 Å². The Morgan fingerprint density at radius 1 is 1.26 bits per heavy atom. The van der Waals surface area contributed by atoms with E-state index in [2.05, 4.69) is 11.8 Å². The number of aliphatic hydroxyl groups is 2. The summed E-state index contributed by atoms with van der Waals surface area (Å²) in [5.74, 6) is 0. The van der Waals surface area contributed by atoms with E-state index in [-0.39, 0.29) is 12.1 Å². The van der Waals surface area contributed by atoms with Crippen LogP contribution < -0.4 is 0 Å². The Labute approximate surface area is 139 Å². The third kappa shape index (κ3) is 4.81. The van der Waals surface area contributed by atoms with Gasteiger partial charge in [-0.2, -0.15) is 0 Å². The smallest absolute Gasteiger partial charge is 0.410 e. The molecule has 0 aromatic heterocycles. The maximum Gasteiger partial charge on any atom is 0.410 e. The van der Waals surface area contributed by atoms with E-state index in [1.165, 1.54) is 0 Å². The van der Waals surface area contributed by atoms with E-state index in [0.717, 1.165) is 38.8 Å². The second-order valence-electron chi connectivity index (χ2n) is 8.03. The number of hydrogen-bond donors (Lipinski definition) is 2. The summed E-state index contributed by atoms with van der Waals surface area (Å²) in [4.78, 5) is 16.0. The molecule has 0 unspecified atom stereocenters. The van der Waals surface area contributed by atoms with Crippen LogP contribution in [-0.4, -0.2) is 75.6 Å². The van der Waals surface area contributed by atoms with E-state index >= 15 is 0 Å². The Bertz CT molecular complexity index is 413. The SMILES string of the molecule is CCCC1(O)CCN([C@@H]2CN(C(=O)OC(C)(C)C)C[C@H]2O)CC1. The number of piperidine rings is 1. The Morgan fingerprint density at radius 3 is 2.39 bits per heavy atom. The lowest BCUT2D eigenvalue weighted by molar-refractivity contribution is -0.0464. The normalized spacial score (nSPS) is 28.9. The van der Waals surface area contributed by atoms with Gasteiger partial charge in [0.1, 0.15) is 5.60 Å². The Kier molecular flexibility index (Phi) is 5.59. The predicted molar refractivity (Wildman–Crippen MR) is 88.3 cm³/mol. The van der Waals surface area contributed by atoms with Gasteiger partial charge >= 0.3 is 6.09 Å². The lowest BCUT2D eigenvalue weighted by atomic mass is 9.86. The first-order valence-corrected chi connectivity index (χ1v) is 8.76. The molecule has 2 atom stereocenters. The number of β-amino-alcohol motifs (C(OH)–C–C–N with tert-alkyl or cyclic N) is 1. The van der Waals surface area contributed by atoms with Crippen LogP contribution in [0.15, 0.2) is 0 Å². The minimum Gasteiger partial charge on any atom is -0.444 e. The molecule has 2 rings (SSSR count). The van der Waals surface area contributed by atoms with Crippen LogP contribution >= 0.6 is 0 Å². The second-order valence-corrected chi connectivity index (χ2v) is 8.03. The van der Waals surface area contributed by atoms with E-state index in [0.29, 0.717) is 13.1 Å². The molecule has 0 spiro atoms. The van der Waals surface area contributed by atoms with Crippen molar-refractivity contribution in [1.82, 2.24) is 9.80 Å². The highest BCUT2D eigenvalue weighted by Crippen LogP contribution is 2.30. The molecule has 0 aromatic rings. The maximum atomic E-state index is 12.2. The van der Waals surface area contributed by atoms with Crippen molar-refractivity contribution in [3.8, 4) is 0 Å². The topological polar surface area (TPSA) is 73.2 Å². The van der Waals surface area contributed by atoms with Crippen molar-refractivity contribution in [1.29, 1.82) is 0 Å². The van der Waals surface area contributed by atoms with Crippen LogP contribution in [0.3, 0.4) is 0 Å². The third-order valence-corrected chi connectivity index (χ3v) is 4.82. The Balaban J connectivity index is 1.89. The van der Waals surface area contributed by atoms with Gasteiger partial charge in [-0.05, 0) is 40.0 Å². The fraction of sp³-hybridized carbons (Fsp3) is 0.941. The average molecular weight is 328 g/mol. The molecule has 0 aliphatic carbocycles. The number of amides is 1. The fourth-order valence-electron chi connectivity index (χ4n) is 3.59. The maximum absolute atomic E-state index is 12.2. The summed E-state index contributed by atoms with van der Waals surface area (Å²) in [5.41, 5.74) is -1.08. The molecule has 2 aliphatic heterocycles. The summed E-state index contributed by atoms with van der Waals surface area (Å²) < 4.78 is 5.39. The number of nitrogens with zero attached hydrogens (tertiary/aromatic N) is 2. The second kappa shape index (κ2) is 6.95. The van der Waals surface area contributed by atoms with Crippen molar-refractivity contribution in [3.05, 3.63) is 0 Å². The van der Waals surface area contributed by atoms with Crippen LogP contribution in [0.25, 0.3) is 0 Å². The number of ether oxygens (including phenoxy) is 1. The van der Waals surface area contributed by atoms with Crippen LogP contribution in [0.2, 0.25) is 0 Å². The van der Waals surface area contributed by atoms with Crippen molar-refractivity contribution >= 4 is 6.09 Å². The number of aliphatic hydroxyl groups excluding tert-OH is 1. The number of carbonyl (C=O) groups excluding carboxylic acids is 1. The highest BCUT2D eigenvalue weighted by atomic mass is 16.6. The minimum absolute atomic E-state index is 0.0614. The van der Waals surface area contributed by atoms with Crippen molar-refractivity contribution < 1.29 is 19.7 Å². The first-order chi connectivity index (χ1) is 10.6. The molecule has 134 valence electrons. The Morgan fingerprint density at radius 2 is 1.87 bits per heavy atom. The van der Waals surface area contributed by atoms with E-state index in [9.17, 15) is 15.0 Å². The molecule has 0 bridgehead atoms. The number of hydrogen-bond acceptors (Lipinski definition) is 5. The van der Waals surface area contributed by atoms with E-state index < -0.39 is 17.3 Å². The standard InChI is InChI=1S/C17H32N2O4/c1-5-6-17(22)7-9-18(10-8-17)13-11-19(12-14(13)20)15(21)23-16(2,3)4/h13-14,20,22H,5-12H2,1-4H3/t13-,14-/m1/s1. The molecule has 6 heteroatoms. The van der Waals surface area contributed by atoms with E-state index in [4.69, 9.17) is 4.74 Å². The summed E-state index contributed by atoms with van der Waals surface area (Å²) in [5, 5.41) is 20.8. The van der Waals surface area contributed by atoms with Gasteiger partial charge in [-0.25, -0.2) is 4.79 Å². The largest absolute Gasteiger partial charge is 0.444 e. The molecule has 2 fully saturated rings. The lowest BCUT2D eigenvalue weighted by Gasteiger charge is -2.41. The van der Waals surface area contributed by atoms with Crippen LogP contribution in [-0.2, 0) is 4.74 Å². The predicted octanol–water partition coefficient (Wildman–Crippen LogP) is 1.59. The van der Waals surface area contributed by atoms with E-state index in [1.54, 1.807) is 4.90 Å². The van der Waals surface area contributed by atoms with E-state index in [1.807, 2.05) is 20.8 Å².